The number of aromatic nitrogens is 2. The summed E-state index contributed by atoms with van der Waals surface area (Å²) in [5.74, 6) is 0.753. The van der Waals surface area contributed by atoms with Crippen molar-refractivity contribution in [3.8, 4) is 5.88 Å². The minimum Gasteiger partial charge on any atom is -0.480 e. The van der Waals surface area contributed by atoms with Gasteiger partial charge in [-0.25, -0.2) is 4.98 Å². The number of carbonyl (C=O) groups excluding carboxylic acids is 2. The number of benzene rings is 1. The van der Waals surface area contributed by atoms with Crippen LogP contribution in [-0.2, 0) is 11.2 Å². The van der Waals surface area contributed by atoms with E-state index in [1.54, 1.807) is 23.1 Å². The molecule has 1 N–H and O–H groups in total. The molecular weight excluding hydrogens is 415 g/mol. The Morgan fingerprint density at radius 2 is 2.17 bits per heavy atom. The van der Waals surface area contributed by atoms with Gasteiger partial charge in [0, 0.05) is 25.1 Å². The van der Waals surface area contributed by atoms with Gasteiger partial charge in [0.15, 0.2) is 0 Å². The Hall–Kier alpha value is -2.64. The van der Waals surface area contributed by atoms with Crippen molar-refractivity contribution in [3.05, 3.63) is 58.5 Å². The second-order valence-corrected chi connectivity index (χ2v) is 7.46. The molecule has 1 aromatic carbocycles. The van der Waals surface area contributed by atoms with Crippen LogP contribution >= 0.6 is 23.2 Å². The van der Waals surface area contributed by atoms with E-state index in [1.807, 2.05) is 0 Å². The molecule has 1 aliphatic rings. The molecule has 0 bridgehead atoms. The van der Waals surface area contributed by atoms with E-state index in [9.17, 15) is 9.59 Å². The quantitative estimate of drug-likeness (QED) is 0.701. The third kappa shape index (κ3) is 5.05. The van der Waals surface area contributed by atoms with Gasteiger partial charge in [0.2, 0.25) is 11.8 Å². The number of rotatable bonds is 6. The minimum absolute atomic E-state index is 0.106. The Labute approximate surface area is 178 Å². The predicted octanol–water partition coefficient (Wildman–Crippen LogP) is 3.62. The summed E-state index contributed by atoms with van der Waals surface area (Å²) in [6.45, 7) is 4.63. The number of anilines is 1. The van der Waals surface area contributed by atoms with Gasteiger partial charge in [-0.05, 0) is 36.6 Å². The van der Waals surface area contributed by atoms with E-state index >= 15 is 0 Å². The minimum atomic E-state index is -0.366. The number of likely N-dealkylation sites (tertiary alicyclic amines) is 1. The smallest absolute Gasteiger partial charge is 0.253 e. The molecule has 1 atom stereocenters. The monoisotopic (exact) mass is 434 g/mol. The van der Waals surface area contributed by atoms with Crippen molar-refractivity contribution in [2.45, 2.75) is 12.8 Å². The molecule has 3 rings (SSSR count). The molecule has 152 valence electrons. The molecule has 1 aromatic heterocycles. The Bertz CT molecular complexity index is 951. The van der Waals surface area contributed by atoms with Crippen LogP contribution in [-0.4, -0.2) is 46.9 Å². The van der Waals surface area contributed by atoms with Gasteiger partial charge in [0.25, 0.3) is 5.91 Å². The van der Waals surface area contributed by atoms with Crippen molar-refractivity contribution in [2.24, 2.45) is 5.92 Å². The normalized spacial score (nSPS) is 15.8. The number of hydrogen-bond donors (Lipinski definition) is 1. The Balaban J connectivity index is 1.64. The van der Waals surface area contributed by atoms with Crippen LogP contribution in [0.4, 0.5) is 5.69 Å². The second kappa shape index (κ2) is 9.24. The van der Waals surface area contributed by atoms with Crippen molar-refractivity contribution in [3.63, 3.8) is 0 Å². The number of halogens is 2. The summed E-state index contributed by atoms with van der Waals surface area (Å²) < 4.78 is 5.13. The maximum absolute atomic E-state index is 12.8. The van der Waals surface area contributed by atoms with Crippen molar-refractivity contribution in [2.75, 3.05) is 25.5 Å². The van der Waals surface area contributed by atoms with Crippen LogP contribution < -0.4 is 10.1 Å². The third-order valence-electron chi connectivity index (χ3n) is 4.66. The number of nitrogens with zero attached hydrogens (tertiary/aromatic N) is 3. The highest BCUT2D eigenvalue weighted by Crippen LogP contribution is 2.27. The zero-order chi connectivity index (χ0) is 21.0. The molecule has 1 fully saturated rings. The maximum atomic E-state index is 12.8. The first-order chi connectivity index (χ1) is 13.9. The van der Waals surface area contributed by atoms with Crippen LogP contribution in [0.25, 0.3) is 0 Å². The first kappa shape index (κ1) is 21.1. The molecule has 7 nitrogen and oxygen atoms in total. The highest BCUT2D eigenvalue weighted by Gasteiger charge is 2.28. The van der Waals surface area contributed by atoms with Crippen molar-refractivity contribution in [1.29, 1.82) is 0 Å². The molecule has 0 radical (unpaired) electrons. The van der Waals surface area contributed by atoms with E-state index in [2.05, 4.69) is 21.9 Å². The number of hydrogen-bond acceptors (Lipinski definition) is 5. The van der Waals surface area contributed by atoms with Gasteiger partial charge in [-0.2, -0.15) is 4.98 Å². The fraction of sp³-hybridized carbons (Fsp3) is 0.300. The van der Waals surface area contributed by atoms with Gasteiger partial charge in [0.05, 0.1) is 24.0 Å². The second-order valence-electron chi connectivity index (χ2n) is 6.64. The Kier molecular flexibility index (Phi) is 6.71. The molecule has 0 aliphatic carbocycles. The summed E-state index contributed by atoms with van der Waals surface area (Å²) >= 11 is 12.2. The molecule has 2 amide bonds. The lowest BCUT2D eigenvalue weighted by Crippen LogP contribution is -2.29. The van der Waals surface area contributed by atoms with Gasteiger partial charge in [-0.15, -0.1) is 0 Å². The molecule has 2 heterocycles. The molecule has 0 spiro atoms. The molecule has 0 saturated carbocycles. The van der Waals surface area contributed by atoms with E-state index < -0.39 is 0 Å². The van der Waals surface area contributed by atoms with Crippen molar-refractivity contribution in [1.82, 2.24) is 14.9 Å². The van der Waals surface area contributed by atoms with E-state index in [-0.39, 0.29) is 17.7 Å². The van der Waals surface area contributed by atoms with Gasteiger partial charge in [-0.3, -0.25) is 9.59 Å². The summed E-state index contributed by atoms with van der Waals surface area (Å²) in [7, 11) is 1.51. The lowest BCUT2D eigenvalue weighted by molar-refractivity contribution is -0.111. The standard InChI is InChI=1S/C20H20Cl2N4O3/c1-3-18(27)24-16-5-4-13(9-14(16)21)20(28)26-7-6-12(11-26)8-17-23-10-15(22)19(25-17)29-2/h3-5,9-10,12H,1,6-8,11H2,2H3,(H,24,27)/t12-/m0/s1. The highest BCUT2D eigenvalue weighted by atomic mass is 35.5. The van der Waals surface area contributed by atoms with Crippen LogP contribution in [0, 0.1) is 5.92 Å². The summed E-state index contributed by atoms with van der Waals surface area (Å²) in [5, 5.41) is 3.26. The number of amides is 2. The average molecular weight is 435 g/mol. The number of carbonyl (C=O) groups is 2. The topological polar surface area (TPSA) is 84.4 Å². The fourth-order valence-electron chi connectivity index (χ4n) is 3.19. The highest BCUT2D eigenvalue weighted by molar-refractivity contribution is 6.34. The van der Waals surface area contributed by atoms with Gasteiger partial charge < -0.3 is 15.0 Å². The van der Waals surface area contributed by atoms with E-state index in [0.717, 1.165) is 12.5 Å². The van der Waals surface area contributed by atoms with Crippen LogP contribution in [0.2, 0.25) is 10.0 Å². The first-order valence-electron chi connectivity index (χ1n) is 8.99. The molecule has 2 aromatic rings. The van der Waals surface area contributed by atoms with E-state index in [0.29, 0.717) is 52.5 Å². The van der Waals surface area contributed by atoms with Crippen molar-refractivity contribution >= 4 is 40.7 Å². The molecule has 0 unspecified atom stereocenters. The summed E-state index contributed by atoms with van der Waals surface area (Å²) in [6.07, 6.45) is 4.15. The Morgan fingerprint density at radius 1 is 1.38 bits per heavy atom. The SMILES string of the molecule is C=CC(=O)Nc1ccc(C(=O)N2CC[C@@H](Cc3ncc(Cl)c(OC)n3)C2)cc1Cl. The van der Waals surface area contributed by atoms with Crippen LogP contribution in [0.15, 0.2) is 37.1 Å². The lowest BCUT2D eigenvalue weighted by atomic mass is 10.0. The third-order valence-corrected chi connectivity index (χ3v) is 5.23. The Morgan fingerprint density at radius 3 is 2.86 bits per heavy atom. The van der Waals surface area contributed by atoms with Crippen molar-refractivity contribution < 1.29 is 14.3 Å². The van der Waals surface area contributed by atoms with Crippen LogP contribution in [0.5, 0.6) is 5.88 Å². The van der Waals surface area contributed by atoms with Gasteiger partial charge in [-0.1, -0.05) is 29.8 Å². The number of methoxy groups -OCH3 is 1. The van der Waals surface area contributed by atoms with Crippen LogP contribution in [0.3, 0.4) is 0 Å². The van der Waals surface area contributed by atoms with Gasteiger partial charge in [0.1, 0.15) is 10.8 Å². The van der Waals surface area contributed by atoms with Crippen LogP contribution in [0.1, 0.15) is 22.6 Å². The molecule has 1 saturated heterocycles. The number of nitrogens with one attached hydrogen (secondary N) is 1. The lowest BCUT2D eigenvalue weighted by Gasteiger charge is -2.17. The predicted molar refractivity (Wildman–Crippen MR) is 112 cm³/mol. The zero-order valence-electron chi connectivity index (χ0n) is 15.8. The van der Waals surface area contributed by atoms with E-state index in [4.69, 9.17) is 27.9 Å². The maximum Gasteiger partial charge on any atom is 0.253 e. The summed E-state index contributed by atoms with van der Waals surface area (Å²) in [6, 6.07) is 4.81. The molecule has 1 aliphatic heterocycles. The average Bonchev–Trinajstić information content (AvgIpc) is 3.18. The fourth-order valence-corrected chi connectivity index (χ4v) is 3.58. The molecular formula is C20H20Cl2N4O3. The summed E-state index contributed by atoms with van der Waals surface area (Å²) in [5.41, 5.74) is 0.901. The summed E-state index contributed by atoms with van der Waals surface area (Å²) in [4.78, 5) is 34.6. The molecule has 9 heteroatoms. The van der Waals surface area contributed by atoms with E-state index in [1.165, 1.54) is 13.3 Å². The largest absolute Gasteiger partial charge is 0.480 e. The zero-order valence-corrected chi connectivity index (χ0v) is 17.3. The number of ether oxygens (including phenoxy) is 1. The van der Waals surface area contributed by atoms with Gasteiger partial charge >= 0.3 is 0 Å². The molecule has 29 heavy (non-hydrogen) atoms. The first-order valence-corrected chi connectivity index (χ1v) is 9.74.